The van der Waals surface area contributed by atoms with Crippen LogP contribution in [0.15, 0.2) is 30.5 Å². The minimum absolute atomic E-state index is 0.0709. The fourth-order valence-electron chi connectivity index (χ4n) is 4.53. The first kappa shape index (κ1) is 27.8. The maximum atomic E-state index is 13.7. The molecular weight excluding hydrogens is 535 g/mol. The minimum atomic E-state index is -4.90. The number of halogens is 6. The number of nitrogens with one attached hydrogen (secondary N) is 1. The molecule has 1 fully saturated rings. The molecule has 3 heterocycles. The standard InChI is InChI=1S/C24H24F6N5O2P/c1-13-16(5-4-6-18(13)23(25,26)27)14(2)32-21-17-11-20(38(37)9-7-35(8-10-38)15(3)36)31-12-19(17)33-22(34-21)24(28,29)30/h4-6,11-12,14H,7-10H2,1-3H3,(H,32,33,34)/t14-/m1/s1. The fraction of sp³-hybridized carbons (Fsp3) is 0.417. The quantitative estimate of drug-likeness (QED) is 0.341. The Kier molecular flexibility index (Phi) is 7.20. The number of fused-ring (bicyclic) bond motifs is 1. The van der Waals surface area contributed by atoms with Crippen molar-refractivity contribution < 1.29 is 35.7 Å². The van der Waals surface area contributed by atoms with Gasteiger partial charge in [-0.15, -0.1) is 0 Å². The normalized spacial score (nSPS) is 16.9. The highest BCUT2D eigenvalue weighted by atomic mass is 31.2. The number of aromatic nitrogens is 3. The van der Waals surface area contributed by atoms with Crippen molar-refractivity contribution in [2.45, 2.75) is 39.2 Å². The summed E-state index contributed by atoms with van der Waals surface area (Å²) in [5.41, 5.74) is -0.700. The first-order valence-corrected chi connectivity index (χ1v) is 13.7. The summed E-state index contributed by atoms with van der Waals surface area (Å²) in [5.74, 6) is -1.87. The van der Waals surface area contributed by atoms with Crippen LogP contribution >= 0.6 is 7.14 Å². The number of hydrogen-bond donors (Lipinski definition) is 1. The predicted octanol–water partition coefficient (Wildman–Crippen LogP) is 5.39. The van der Waals surface area contributed by atoms with Gasteiger partial charge in [0.2, 0.25) is 11.7 Å². The summed E-state index contributed by atoms with van der Waals surface area (Å²) in [4.78, 5) is 24.6. The number of alkyl halides is 6. The van der Waals surface area contributed by atoms with Crippen molar-refractivity contribution in [2.24, 2.45) is 0 Å². The van der Waals surface area contributed by atoms with E-state index in [1.807, 2.05) is 0 Å². The molecule has 0 spiro atoms. The SMILES string of the molecule is CC(=O)N1CCP(=O)(c2cc3c(N[C@H](C)c4cccc(C(F)(F)F)c4C)nc(C(F)(F)F)nc3cn2)CC1. The van der Waals surface area contributed by atoms with Crippen LogP contribution in [0.3, 0.4) is 0 Å². The summed E-state index contributed by atoms with van der Waals surface area (Å²) in [6.45, 7) is 4.72. The lowest BCUT2D eigenvalue weighted by atomic mass is 9.97. The Morgan fingerprint density at radius 3 is 2.32 bits per heavy atom. The Bertz CT molecular complexity index is 1430. The van der Waals surface area contributed by atoms with Crippen molar-refractivity contribution >= 4 is 35.2 Å². The largest absolute Gasteiger partial charge is 0.451 e. The van der Waals surface area contributed by atoms with Crippen LogP contribution in [0.5, 0.6) is 0 Å². The van der Waals surface area contributed by atoms with E-state index < -0.39 is 36.9 Å². The second kappa shape index (κ2) is 9.83. The summed E-state index contributed by atoms with van der Waals surface area (Å²) in [6.07, 6.45) is -8.09. The van der Waals surface area contributed by atoms with Crippen molar-refractivity contribution in [1.82, 2.24) is 19.9 Å². The van der Waals surface area contributed by atoms with Gasteiger partial charge in [0.25, 0.3) is 0 Å². The van der Waals surface area contributed by atoms with Crippen LogP contribution in [-0.2, 0) is 21.7 Å². The van der Waals surface area contributed by atoms with Gasteiger partial charge in [-0.1, -0.05) is 12.1 Å². The summed E-state index contributed by atoms with van der Waals surface area (Å²) >= 11 is 0. The molecule has 204 valence electrons. The Morgan fingerprint density at radius 1 is 1.08 bits per heavy atom. The summed E-state index contributed by atoms with van der Waals surface area (Å²) in [5, 5.41) is 2.91. The third kappa shape index (κ3) is 5.48. The summed E-state index contributed by atoms with van der Waals surface area (Å²) in [7, 11) is -3.07. The molecule has 1 saturated heterocycles. The molecule has 1 N–H and O–H groups in total. The van der Waals surface area contributed by atoms with Gasteiger partial charge < -0.3 is 14.8 Å². The highest BCUT2D eigenvalue weighted by Crippen LogP contribution is 2.46. The van der Waals surface area contributed by atoms with Gasteiger partial charge in [0.15, 0.2) is 0 Å². The Balaban J connectivity index is 1.78. The molecular formula is C24H24F6N5O2P. The number of rotatable bonds is 4. The van der Waals surface area contributed by atoms with Gasteiger partial charge in [0.05, 0.1) is 23.3 Å². The third-order valence-electron chi connectivity index (χ3n) is 6.65. The summed E-state index contributed by atoms with van der Waals surface area (Å²) < 4.78 is 94.6. The van der Waals surface area contributed by atoms with E-state index in [1.165, 1.54) is 39.0 Å². The zero-order valence-electron chi connectivity index (χ0n) is 20.6. The Labute approximate surface area is 214 Å². The van der Waals surface area contributed by atoms with E-state index in [1.54, 1.807) is 4.90 Å². The number of carbonyl (C=O) groups excluding carboxylic acids is 1. The molecule has 0 unspecified atom stereocenters. The van der Waals surface area contributed by atoms with Crippen LogP contribution in [0.2, 0.25) is 0 Å². The number of amides is 1. The minimum Gasteiger partial charge on any atom is -0.363 e. The molecule has 1 aliphatic heterocycles. The topological polar surface area (TPSA) is 88.1 Å². The molecule has 4 rings (SSSR count). The lowest BCUT2D eigenvalue weighted by molar-refractivity contribution is -0.144. The lowest BCUT2D eigenvalue weighted by Crippen LogP contribution is -2.40. The molecule has 1 aliphatic rings. The first-order valence-electron chi connectivity index (χ1n) is 11.6. The van der Waals surface area contributed by atoms with Crippen molar-refractivity contribution in [3.05, 3.63) is 53.0 Å². The maximum Gasteiger partial charge on any atom is 0.451 e. The van der Waals surface area contributed by atoms with Gasteiger partial charge in [-0.2, -0.15) is 26.3 Å². The van der Waals surface area contributed by atoms with Gasteiger partial charge in [0, 0.05) is 37.7 Å². The van der Waals surface area contributed by atoms with E-state index in [0.717, 1.165) is 12.3 Å². The van der Waals surface area contributed by atoms with E-state index in [4.69, 9.17) is 0 Å². The van der Waals surface area contributed by atoms with E-state index in [2.05, 4.69) is 20.3 Å². The van der Waals surface area contributed by atoms with Gasteiger partial charge in [-0.05, 0) is 37.1 Å². The third-order valence-corrected chi connectivity index (χ3v) is 9.57. The van der Waals surface area contributed by atoms with Gasteiger partial charge in [-0.25, -0.2) is 9.97 Å². The predicted molar refractivity (Wildman–Crippen MR) is 130 cm³/mol. The van der Waals surface area contributed by atoms with Crippen molar-refractivity contribution in [2.75, 3.05) is 30.7 Å². The second-order valence-electron chi connectivity index (χ2n) is 9.18. The summed E-state index contributed by atoms with van der Waals surface area (Å²) in [6, 6.07) is 4.10. The molecule has 7 nitrogen and oxygen atoms in total. The number of carbonyl (C=O) groups is 1. The molecule has 1 aromatic carbocycles. The van der Waals surface area contributed by atoms with E-state index in [0.29, 0.717) is 0 Å². The van der Waals surface area contributed by atoms with Gasteiger partial charge in [-0.3, -0.25) is 9.78 Å². The number of benzene rings is 1. The molecule has 0 aliphatic carbocycles. The zero-order chi connectivity index (χ0) is 28.0. The van der Waals surface area contributed by atoms with Crippen LogP contribution in [0.4, 0.5) is 32.2 Å². The second-order valence-corrected chi connectivity index (χ2v) is 12.3. The van der Waals surface area contributed by atoms with Gasteiger partial charge in [0.1, 0.15) is 18.4 Å². The number of nitrogens with zero attached hydrogens (tertiary/aromatic N) is 4. The van der Waals surface area contributed by atoms with Crippen LogP contribution < -0.4 is 10.8 Å². The highest BCUT2D eigenvalue weighted by Gasteiger charge is 2.37. The van der Waals surface area contributed by atoms with Crippen molar-refractivity contribution in [3.63, 3.8) is 0 Å². The molecule has 38 heavy (non-hydrogen) atoms. The van der Waals surface area contributed by atoms with Crippen molar-refractivity contribution in [3.8, 4) is 0 Å². The smallest absolute Gasteiger partial charge is 0.363 e. The molecule has 0 bridgehead atoms. The lowest BCUT2D eigenvalue weighted by Gasteiger charge is -2.31. The molecule has 1 amide bonds. The molecule has 14 heteroatoms. The number of hydrogen-bond acceptors (Lipinski definition) is 6. The van der Waals surface area contributed by atoms with E-state index in [9.17, 15) is 35.7 Å². The Hall–Kier alpha value is -3.21. The number of pyridine rings is 1. The molecule has 2 aromatic heterocycles. The highest BCUT2D eigenvalue weighted by molar-refractivity contribution is 7.71. The monoisotopic (exact) mass is 559 g/mol. The molecule has 1 atom stereocenters. The molecule has 3 aromatic rings. The average molecular weight is 559 g/mol. The van der Waals surface area contributed by atoms with Crippen LogP contribution in [0, 0.1) is 6.92 Å². The van der Waals surface area contributed by atoms with Crippen LogP contribution in [0.25, 0.3) is 10.9 Å². The fourth-order valence-corrected chi connectivity index (χ4v) is 6.97. The van der Waals surface area contributed by atoms with Crippen molar-refractivity contribution in [1.29, 1.82) is 0 Å². The number of anilines is 1. The van der Waals surface area contributed by atoms with E-state index in [-0.39, 0.29) is 64.6 Å². The average Bonchev–Trinajstić information content (AvgIpc) is 2.82. The van der Waals surface area contributed by atoms with Crippen LogP contribution in [-0.4, -0.2) is 51.2 Å². The zero-order valence-corrected chi connectivity index (χ0v) is 21.5. The van der Waals surface area contributed by atoms with Crippen LogP contribution in [0.1, 0.15) is 42.4 Å². The van der Waals surface area contributed by atoms with E-state index >= 15 is 0 Å². The van der Waals surface area contributed by atoms with Gasteiger partial charge >= 0.3 is 12.4 Å². The first-order chi connectivity index (χ1) is 17.6. The molecule has 0 radical (unpaired) electrons. The maximum absolute atomic E-state index is 13.7. The molecule has 0 saturated carbocycles. The Morgan fingerprint density at radius 2 is 1.74 bits per heavy atom.